The number of benzene rings is 2. The van der Waals surface area contributed by atoms with Gasteiger partial charge in [0.2, 0.25) is 0 Å². The Morgan fingerprint density at radius 1 is 1.13 bits per heavy atom. The molecule has 2 N–H and O–H groups in total. The summed E-state index contributed by atoms with van der Waals surface area (Å²) in [7, 11) is 3.15. The van der Waals surface area contributed by atoms with E-state index in [9.17, 15) is 9.59 Å². The number of para-hydroxylation sites is 1. The van der Waals surface area contributed by atoms with Crippen molar-refractivity contribution in [1.29, 1.82) is 0 Å². The summed E-state index contributed by atoms with van der Waals surface area (Å²) in [5.41, 5.74) is 3.11. The minimum atomic E-state index is -0.330. The number of methoxy groups -OCH3 is 1. The molecule has 0 fully saturated rings. The normalized spacial score (nSPS) is 11.9. The maximum atomic E-state index is 12.7. The van der Waals surface area contributed by atoms with Crippen LogP contribution in [0.2, 0.25) is 0 Å². The third kappa shape index (κ3) is 3.82. The van der Waals surface area contributed by atoms with Gasteiger partial charge in [0.1, 0.15) is 11.4 Å². The van der Waals surface area contributed by atoms with E-state index in [1.165, 1.54) is 19.2 Å². The lowest BCUT2D eigenvalue weighted by Crippen LogP contribution is -2.31. The number of aryl methyl sites for hydroxylation is 1. The van der Waals surface area contributed by atoms with Crippen LogP contribution in [0.25, 0.3) is 10.9 Å². The predicted molar refractivity (Wildman–Crippen MR) is 115 cm³/mol. The van der Waals surface area contributed by atoms with Crippen molar-refractivity contribution >= 4 is 16.8 Å². The zero-order valence-corrected chi connectivity index (χ0v) is 16.8. The molecule has 0 aliphatic carbocycles. The first kappa shape index (κ1) is 19.4. The molecule has 4 aromatic rings. The SMILES string of the molecule is COc1ccc(C(CNC(=O)c2ccc(=O)n(C)n2)c2c[nH]c3ccccc23)cc1. The summed E-state index contributed by atoms with van der Waals surface area (Å²) in [6.45, 7) is 0.373. The number of hydrogen-bond donors (Lipinski definition) is 2. The molecule has 1 atom stereocenters. The number of H-pyrrole nitrogens is 1. The molecular formula is C23H22N4O3. The van der Waals surface area contributed by atoms with Gasteiger partial charge < -0.3 is 15.0 Å². The standard InChI is InChI=1S/C23H22N4O3/c1-27-22(28)12-11-21(26-27)23(29)25-13-18(15-7-9-16(30-2)10-8-15)19-14-24-20-6-4-3-5-17(19)20/h3-12,14,18,24H,13H2,1-2H3,(H,25,29). The van der Waals surface area contributed by atoms with Gasteiger partial charge in [0.25, 0.3) is 11.5 Å². The summed E-state index contributed by atoms with van der Waals surface area (Å²) in [6.07, 6.45) is 1.98. The van der Waals surface area contributed by atoms with Gasteiger partial charge >= 0.3 is 0 Å². The first-order chi connectivity index (χ1) is 14.6. The van der Waals surface area contributed by atoms with Crippen molar-refractivity contribution in [3.8, 4) is 5.75 Å². The molecule has 0 radical (unpaired) electrons. The Kier molecular flexibility index (Phi) is 5.34. The summed E-state index contributed by atoms with van der Waals surface area (Å²) in [5.74, 6) is 0.363. The van der Waals surface area contributed by atoms with E-state index in [0.717, 1.165) is 32.5 Å². The lowest BCUT2D eigenvalue weighted by Gasteiger charge is -2.18. The maximum Gasteiger partial charge on any atom is 0.271 e. The second kappa shape index (κ2) is 8.24. The third-order valence-corrected chi connectivity index (χ3v) is 5.17. The molecule has 0 aliphatic rings. The van der Waals surface area contributed by atoms with Gasteiger partial charge in [-0.15, -0.1) is 0 Å². The fraction of sp³-hybridized carbons (Fsp3) is 0.174. The van der Waals surface area contributed by atoms with Crippen LogP contribution in [-0.4, -0.2) is 34.3 Å². The van der Waals surface area contributed by atoms with Crippen molar-refractivity contribution < 1.29 is 9.53 Å². The van der Waals surface area contributed by atoms with E-state index in [0.29, 0.717) is 6.54 Å². The van der Waals surface area contributed by atoms with Crippen molar-refractivity contribution in [2.45, 2.75) is 5.92 Å². The van der Waals surface area contributed by atoms with Crippen LogP contribution in [-0.2, 0) is 7.05 Å². The van der Waals surface area contributed by atoms with Crippen LogP contribution in [0.15, 0.2) is 71.7 Å². The van der Waals surface area contributed by atoms with Crippen LogP contribution in [0.5, 0.6) is 5.75 Å². The number of aromatic amines is 1. The van der Waals surface area contributed by atoms with Crippen LogP contribution >= 0.6 is 0 Å². The molecule has 4 rings (SSSR count). The predicted octanol–water partition coefficient (Wildman–Crippen LogP) is 2.83. The number of nitrogens with zero attached hydrogens (tertiary/aromatic N) is 2. The quantitative estimate of drug-likeness (QED) is 0.519. The fourth-order valence-electron chi connectivity index (χ4n) is 3.53. The van der Waals surface area contributed by atoms with Crippen molar-refractivity contribution in [3.63, 3.8) is 0 Å². The van der Waals surface area contributed by atoms with Gasteiger partial charge in [0.05, 0.1) is 7.11 Å². The summed E-state index contributed by atoms with van der Waals surface area (Å²) >= 11 is 0. The van der Waals surface area contributed by atoms with E-state index in [4.69, 9.17) is 4.74 Å². The Labute approximate surface area is 173 Å². The topological polar surface area (TPSA) is 89.0 Å². The van der Waals surface area contributed by atoms with Gasteiger partial charge in [-0.25, -0.2) is 4.68 Å². The van der Waals surface area contributed by atoms with E-state index >= 15 is 0 Å². The number of aromatic nitrogens is 3. The first-order valence-electron chi connectivity index (χ1n) is 9.59. The zero-order chi connectivity index (χ0) is 21.1. The second-order valence-corrected chi connectivity index (χ2v) is 7.01. The molecular weight excluding hydrogens is 380 g/mol. The molecule has 2 aromatic carbocycles. The molecule has 7 nitrogen and oxygen atoms in total. The fourth-order valence-corrected chi connectivity index (χ4v) is 3.53. The highest BCUT2D eigenvalue weighted by atomic mass is 16.5. The molecule has 7 heteroatoms. The molecule has 0 aliphatic heterocycles. The minimum absolute atomic E-state index is 0.0801. The van der Waals surface area contributed by atoms with Crippen LogP contribution in [0, 0.1) is 0 Å². The highest BCUT2D eigenvalue weighted by molar-refractivity contribution is 5.92. The van der Waals surface area contributed by atoms with Gasteiger partial charge in [0, 0.05) is 42.7 Å². The molecule has 152 valence electrons. The van der Waals surface area contributed by atoms with E-state index in [1.54, 1.807) is 7.11 Å². The molecule has 0 spiro atoms. The van der Waals surface area contributed by atoms with E-state index in [-0.39, 0.29) is 23.1 Å². The number of carbonyl (C=O) groups is 1. The van der Waals surface area contributed by atoms with E-state index in [2.05, 4.69) is 21.5 Å². The van der Waals surface area contributed by atoms with Crippen LogP contribution in [0.1, 0.15) is 27.5 Å². The van der Waals surface area contributed by atoms with Crippen molar-refractivity contribution in [1.82, 2.24) is 20.1 Å². The van der Waals surface area contributed by atoms with Gasteiger partial charge in [-0.05, 0) is 35.4 Å². The summed E-state index contributed by atoms with van der Waals surface area (Å²) in [4.78, 5) is 27.5. The molecule has 1 unspecified atom stereocenters. The molecule has 2 aromatic heterocycles. The van der Waals surface area contributed by atoms with Gasteiger partial charge in [0.15, 0.2) is 0 Å². The Morgan fingerprint density at radius 2 is 1.90 bits per heavy atom. The molecule has 0 saturated carbocycles. The lowest BCUT2D eigenvalue weighted by molar-refractivity contribution is 0.0945. The molecule has 2 heterocycles. The molecule has 1 amide bonds. The molecule has 30 heavy (non-hydrogen) atoms. The van der Waals surface area contributed by atoms with Crippen LogP contribution < -0.4 is 15.6 Å². The minimum Gasteiger partial charge on any atom is -0.497 e. The number of rotatable bonds is 6. The van der Waals surface area contributed by atoms with Crippen LogP contribution in [0.3, 0.4) is 0 Å². The van der Waals surface area contributed by atoms with Gasteiger partial charge in [-0.3, -0.25) is 9.59 Å². The largest absolute Gasteiger partial charge is 0.497 e. The van der Waals surface area contributed by atoms with Gasteiger partial charge in [-0.1, -0.05) is 30.3 Å². The number of ether oxygens (including phenoxy) is 1. The Hall–Kier alpha value is -3.87. The lowest BCUT2D eigenvalue weighted by atomic mass is 9.90. The Bertz CT molecular complexity index is 1240. The van der Waals surface area contributed by atoms with E-state index in [1.807, 2.05) is 48.7 Å². The highest BCUT2D eigenvalue weighted by Gasteiger charge is 2.20. The second-order valence-electron chi connectivity index (χ2n) is 7.01. The third-order valence-electron chi connectivity index (χ3n) is 5.17. The number of hydrogen-bond acceptors (Lipinski definition) is 4. The average Bonchev–Trinajstić information content (AvgIpc) is 3.20. The van der Waals surface area contributed by atoms with Crippen LogP contribution in [0.4, 0.5) is 0 Å². The van der Waals surface area contributed by atoms with Crippen molar-refractivity contribution in [2.24, 2.45) is 7.05 Å². The highest BCUT2D eigenvalue weighted by Crippen LogP contribution is 2.31. The van der Waals surface area contributed by atoms with Crippen molar-refractivity contribution in [3.05, 3.63) is 94.0 Å². The Morgan fingerprint density at radius 3 is 2.63 bits per heavy atom. The zero-order valence-electron chi connectivity index (χ0n) is 16.8. The smallest absolute Gasteiger partial charge is 0.271 e. The first-order valence-corrected chi connectivity index (χ1v) is 9.59. The summed E-state index contributed by atoms with van der Waals surface area (Å²) in [5, 5.41) is 8.10. The molecule has 0 saturated heterocycles. The number of fused-ring (bicyclic) bond motifs is 1. The molecule has 0 bridgehead atoms. The summed E-state index contributed by atoms with van der Waals surface area (Å²) in [6, 6.07) is 18.7. The number of carbonyl (C=O) groups excluding carboxylic acids is 1. The average molecular weight is 402 g/mol. The van der Waals surface area contributed by atoms with Gasteiger partial charge in [-0.2, -0.15) is 5.10 Å². The monoisotopic (exact) mass is 402 g/mol. The number of amides is 1. The summed E-state index contributed by atoms with van der Waals surface area (Å²) < 4.78 is 6.42. The number of nitrogens with one attached hydrogen (secondary N) is 2. The Balaban J connectivity index is 1.65. The van der Waals surface area contributed by atoms with Crippen molar-refractivity contribution in [2.75, 3.05) is 13.7 Å². The maximum absolute atomic E-state index is 12.7. The van der Waals surface area contributed by atoms with E-state index < -0.39 is 0 Å².